The molecule has 1 N–H and O–H groups in total. The molecular formula is C23H24F3N3O2. The van der Waals surface area contributed by atoms with Crippen LogP contribution in [0.5, 0.6) is 5.88 Å². The molecule has 1 atom stereocenters. The summed E-state index contributed by atoms with van der Waals surface area (Å²) in [5.74, 6) is 0.0322. The van der Waals surface area contributed by atoms with Crippen LogP contribution in [-0.2, 0) is 19.3 Å². The number of aryl methyl sites for hydroxylation is 1. The van der Waals surface area contributed by atoms with Crippen molar-refractivity contribution in [3.8, 4) is 5.88 Å². The summed E-state index contributed by atoms with van der Waals surface area (Å²) in [6.07, 6.45) is -1.11. The predicted octanol–water partition coefficient (Wildman–Crippen LogP) is 4.25. The Balaban J connectivity index is 1.62. The Hall–Kier alpha value is -2.97. The number of hydrogen-bond acceptors (Lipinski definition) is 5. The van der Waals surface area contributed by atoms with Crippen LogP contribution < -0.4 is 4.74 Å². The summed E-state index contributed by atoms with van der Waals surface area (Å²) in [5, 5.41) is 10.5. The Kier molecular flexibility index (Phi) is 7.59. The normalized spacial score (nSPS) is 12.7. The number of alkyl halides is 3. The van der Waals surface area contributed by atoms with Crippen LogP contribution in [0.3, 0.4) is 0 Å². The summed E-state index contributed by atoms with van der Waals surface area (Å²) in [6, 6.07) is 13.9. The third-order valence-corrected chi connectivity index (χ3v) is 4.74. The highest BCUT2D eigenvalue weighted by Gasteiger charge is 2.30. The van der Waals surface area contributed by atoms with E-state index in [2.05, 4.69) is 14.9 Å². The summed E-state index contributed by atoms with van der Waals surface area (Å²) in [7, 11) is 0. The fraction of sp³-hybridized carbons (Fsp3) is 0.304. The van der Waals surface area contributed by atoms with Crippen molar-refractivity contribution in [2.24, 2.45) is 0 Å². The Morgan fingerprint density at radius 1 is 1.03 bits per heavy atom. The number of nitrogens with zero attached hydrogens (tertiary/aromatic N) is 3. The maximum absolute atomic E-state index is 12.6. The Morgan fingerprint density at radius 2 is 1.84 bits per heavy atom. The molecule has 1 unspecified atom stereocenters. The van der Waals surface area contributed by atoms with Crippen molar-refractivity contribution in [2.45, 2.75) is 32.3 Å². The number of aliphatic hydroxyl groups excluding tert-OH is 1. The van der Waals surface area contributed by atoms with E-state index >= 15 is 0 Å². The van der Waals surface area contributed by atoms with Gasteiger partial charge in [-0.3, -0.25) is 9.88 Å². The van der Waals surface area contributed by atoms with E-state index in [1.165, 1.54) is 0 Å². The lowest BCUT2D eigenvalue weighted by atomic mass is 10.1. The Labute approximate surface area is 179 Å². The molecule has 0 saturated heterocycles. The molecule has 0 spiro atoms. The largest absolute Gasteiger partial charge is 0.475 e. The second-order valence-corrected chi connectivity index (χ2v) is 7.31. The average molecular weight is 431 g/mol. The topological polar surface area (TPSA) is 58.5 Å². The van der Waals surface area contributed by atoms with Crippen LogP contribution in [0.2, 0.25) is 0 Å². The SMILES string of the molecule is Cc1ccccc1CN(Cc1cccnc1)CC(O)COc1ccc(C(F)(F)F)cn1. The summed E-state index contributed by atoms with van der Waals surface area (Å²) < 4.78 is 43.3. The van der Waals surface area contributed by atoms with Crippen molar-refractivity contribution in [2.75, 3.05) is 13.2 Å². The second kappa shape index (κ2) is 10.4. The quantitative estimate of drug-likeness (QED) is 0.549. The molecule has 3 aromatic rings. The molecule has 0 radical (unpaired) electrons. The summed E-state index contributed by atoms with van der Waals surface area (Å²) in [5.41, 5.74) is 2.46. The van der Waals surface area contributed by atoms with E-state index < -0.39 is 17.8 Å². The molecule has 0 aliphatic carbocycles. The number of pyridine rings is 2. The van der Waals surface area contributed by atoms with Crippen LogP contribution >= 0.6 is 0 Å². The average Bonchev–Trinajstić information content (AvgIpc) is 2.74. The van der Waals surface area contributed by atoms with Crippen LogP contribution in [0.4, 0.5) is 13.2 Å². The molecule has 0 aliphatic heterocycles. The summed E-state index contributed by atoms with van der Waals surface area (Å²) in [4.78, 5) is 9.88. The van der Waals surface area contributed by atoms with E-state index in [-0.39, 0.29) is 12.5 Å². The molecule has 0 aliphatic rings. The lowest BCUT2D eigenvalue weighted by Gasteiger charge is -2.26. The molecule has 0 bridgehead atoms. The van der Waals surface area contributed by atoms with Gasteiger partial charge in [-0.25, -0.2) is 4.98 Å². The van der Waals surface area contributed by atoms with Gasteiger partial charge in [0.2, 0.25) is 5.88 Å². The zero-order valence-electron chi connectivity index (χ0n) is 17.1. The first-order chi connectivity index (χ1) is 14.8. The van der Waals surface area contributed by atoms with E-state index in [9.17, 15) is 18.3 Å². The standard InChI is InChI=1S/C23H24F3N3O2/c1-17-5-2-3-7-19(17)14-29(13-18-6-4-10-27-11-18)15-21(30)16-31-22-9-8-20(12-28-22)23(24,25)26/h2-12,21,30H,13-16H2,1H3. The van der Waals surface area contributed by atoms with Crippen molar-refractivity contribution < 1.29 is 23.0 Å². The van der Waals surface area contributed by atoms with Gasteiger partial charge in [-0.2, -0.15) is 13.2 Å². The number of benzene rings is 1. The van der Waals surface area contributed by atoms with Crippen molar-refractivity contribution in [1.29, 1.82) is 0 Å². The van der Waals surface area contributed by atoms with E-state index in [0.717, 1.165) is 28.8 Å². The number of halogens is 3. The molecule has 2 heterocycles. The maximum atomic E-state index is 12.6. The van der Waals surface area contributed by atoms with Crippen molar-refractivity contribution >= 4 is 0 Å². The lowest BCUT2D eigenvalue weighted by Crippen LogP contribution is -2.35. The van der Waals surface area contributed by atoms with Crippen LogP contribution in [0.1, 0.15) is 22.3 Å². The first-order valence-corrected chi connectivity index (χ1v) is 9.81. The zero-order valence-corrected chi connectivity index (χ0v) is 17.1. The Morgan fingerprint density at radius 3 is 2.48 bits per heavy atom. The van der Waals surface area contributed by atoms with E-state index in [0.29, 0.717) is 25.8 Å². The van der Waals surface area contributed by atoms with Crippen LogP contribution in [0.15, 0.2) is 67.1 Å². The van der Waals surface area contributed by atoms with E-state index in [1.807, 2.05) is 43.3 Å². The van der Waals surface area contributed by atoms with E-state index in [1.54, 1.807) is 12.4 Å². The van der Waals surface area contributed by atoms with Gasteiger partial charge in [0.1, 0.15) is 12.7 Å². The van der Waals surface area contributed by atoms with Gasteiger partial charge in [0.15, 0.2) is 0 Å². The van der Waals surface area contributed by atoms with E-state index in [4.69, 9.17) is 4.74 Å². The number of ether oxygens (including phenoxy) is 1. The highest BCUT2D eigenvalue weighted by molar-refractivity contribution is 5.25. The first kappa shape index (κ1) is 22.7. The number of rotatable bonds is 9. The van der Waals surface area contributed by atoms with Crippen LogP contribution in [-0.4, -0.2) is 39.2 Å². The van der Waals surface area contributed by atoms with Gasteiger partial charge < -0.3 is 9.84 Å². The molecule has 2 aromatic heterocycles. The fourth-order valence-corrected chi connectivity index (χ4v) is 3.13. The van der Waals surface area contributed by atoms with Gasteiger partial charge >= 0.3 is 6.18 Å². The minimum absolute atomic E-state index is 0.0322. The lowest BCUT2D eigenvalue weighted by molar-refractivity contribution is -0.137. The molecule has 8 heteroatoms. The molecule has 0 saturated carbocycles. The van der Waals surface area contributed by atoms with Gasteiger partial charge in [0.05, 0.1) is 5.56 Å². The molecular weight excluding hydrogens is 407 g/mol. The minimum atomic E-state index is -4.45. The molecule has 164 valence electrons. The monoisotopic (exact) mass is 431 g/mol. The van der Waals surface area contributed by atoms with Gasteiger partial charge in [-0.15, -0.1) is 0 Å². The third kappa shape index (κ3) is 7.04. The van der Waals surface area contributed by atoms with Gasteiger partial charge in [0, 0.05) is 44.3 Å². The van der Waals surface area contributed by atoms with Crippen LogP contribution in [0, 0.1) is 6.92 Å². The molecule has 5 nitrogen and oxygen atoms in total. The number of aliphatic hydroxyl groups is 1. The Bertz CT molecular complexity index is 950. The fourth-order valence-electron chi connectivity index (χ4n) is 3.13. The van der Waals surface area contributed by atoms with Gasteiger partial charge in [0.25, 0.3) is 0 Å². The van der Waals surface area contributed by atoms with Gasteiger partial charge in [-0.05, 0) is 35.7 Å². The van der Waals surface area contributed by atoms with Crippen molar-refractivity contribution in [1.82, 2.24) is 14.9 Å². The zero-order chi connectivity index (χ0) is 22.3. The highest BCUT2D eigenvalue weighted by atomic mass is 19.4. The van der Waals surface area contributed by atoms with Crippen molar-refractivity contribution in [3.63, 3.8) is 0 Å². The van der Waals surface area contributed by atoms with Crippen LogP contribution in [0.25, 0.3) is 0 Å². The second-order valence-electron chi connectivity index (χ2n) is 7.31. The van der Waals surface area contributed by atoms with Crippen molar-refractivity contribution in [3.05, 3.63) is 89.4 Å². The summed E-state index contributed by atoms with van der Waals surface area (Å²) >= 11 is 0. The number of hydrogen-bond donors (Lipinski definition) is 1. The molecule has 1 aromatic carbocycles. The highest BCUT2D eigenvalue weighted by Crippen LogP contribution is 2.29. The maximum Gasteiger partial charge on any atom is 0.417 e. The first-order valence-electron chi connectivity index (χ1n) is 9.81. The van der Waals surface area contributed by atoms with Gasteiger partial charge in [-0.1, -0.05) is 30.3 Å². The molecule has 0 fully saturated rings. The molecule has 0 amide bonds. The smallest absolute Gasteiger partial charge is 0.417 e. The number of aromatic nitrogens is 2. The molecule has 3 rings (SSSR count). The predicted molar refractivity (Wildman–Crippen MR) is 110 cm³/mol. The summed E-state index contributed by atoms with van der Waals surface area (Å²) in [6.45, 7) is 3.46. The minimum Gasteiger partial charge on any atom is -0.475 e. The third-order valence-electron chi connectivity index (χ3n) is 4.74. The molecule has 31 heavy (non-hydrogen) atoms.